The lowest BCUT2D eigenvalue weighted by Crippen LogP contribution is -2.54. The fraction of sp³-hybridized carbons (Fsp3) is 0.372. The number of hydrogen-bond acceptors (Lipinski definition) is 12. The number of ether oxygens (including phenoxy) is 3. The maximum Gasteiger partial charge on any atom is 0.263 e. The molecule has 5 heterocycles. The molecule has 0 bridgehead atoms. The number of nitrogens with one attached hydrogen (secondary N) is 2. The molecule has 2 atom stereocenters. The van der Waals surface area contributed by atoms with Crippen molar-refractivity contribution in [1.82, 2.24) is 24.9 Å². The number of likely N-dealkylation sites (tertiary alicyclic amines) is 1. The van der Waals surface area contributed by atoms with E-state index in [2.05, 4.69) is 10.6 Å². The van der Waals surface area contributed by atoms with Crippen LogP contribution in [0.25, 0.3) is 11.3 Å². The Labute approximate surface area is 350 Å². The summed E-state index contributed by atoms with van der Waals surface area (Å²) in [7, 11) is 0. The molecular weight excluding hydrogens is 791 g/mol. The summed E-state index contributed by atoms with van der Waals surface area (Å²) in [5.41, 5.74) is 8.04. The van der Waals surface area contributed by atoms with Gasteiger partial charge in [0.25, 0.3) is 17.7 Å². The molecule has 0 radical (unpaired) electrons. The number of amides is 6. The first-order chi connectivity index (χ1) is 29.2. The Balaban J connectivity index is 0.770. The van der Waals surface area contributed by atoms with Crippen LogP contribution in [0.3, 0.4) is 0 Å². The predicted octanol–water partition coefficient (Wildman–Crippen LogP) is 4.26. The van der Waals surface area contributed by atoms with E-state index in [1.54, 1.807) is 18.2 Å². The first-order valence-corrected chi connectivity index (χ1v) is 21.1. The van der Waals surface area contributed by atoms with Gasteiger partial charge < -0.3 is 30.2 Å². The number of para-hydroxylation sites is 1. The number of rotatable bonds is 15. The number of piperidine rings is 2. The number of benzene rings is 3. The lowest BCUT2D eigenvalue weighted by Gasteiger charge is -2.38. The van der Waals surface area contributed by atoms with Crippen LogP contribution in [-0.2, 0) is 23.9 Å². The lowest BCUT2D eigenvalue weighted by molar-refractivity contribution is -0.138. The van der Waals surface area contributed by atoms with Crippen molar-refractivity contribution >= 4 is 53.0 Å². The first kappa shape index (κ1) is 40.7. The van der Waals surface area contributed by atoms with Gasteiger partial charge in [-0.15, -0.1) is 11.8 Å². The number of thioether (sulfide) groups is 1. The molecule has 2 saturated heterocycles. The Morgan fingerprint density at radius 2 is 1.58 bits per heavy atom. The van der Waals surface area contributed by atoms with Crippen LogP contribution in [0.15, 0.2) is 77.7 Å². The van der Waals surface area contributed by atoms with E-state index < -0.39 is 35.6 Å². The van der Waals surface area contributed by atoms with Crippen molar-refractivity contribution in [2.24, 2.45) is 11.7 Å². The SMILES string of the molecule is NC(=O)c1c(-c2ccc(Oc3ccccc3)cc2)nn2c1NCCC2C1CCN(C(=O)COCCOCCSc2cccc3c2C(=O)N(C2CCC(=O)NC2=O)C3=O)CC1. The number of anilines is 1. The number of fused-ring (bicyclic) bond motifs is 2. The van der Waals surface area contributed by atoms with Crippen LogP contribution in [0.1, 0.15) is 69.2 Å². The van der Waals surface area contributed by atoms with Crippen molar-refractivity contribution in [1.29, 1.82) is 0 Å². The van der Waals surface area contributed by atoms with Crippen LogP contribution >= 0.6 is 11.8 Å². The van der Waals surface area contributed by atoms with E-state index in [1.807, 2.05) is 64.2 Å². The predicted molar refractivity (Wildman–Crippen MR) is 220 cm³/mol. The standard InChI is InChI=1S/C43H45N7O9S/c44-39(53)37-38(27-9-11-29(12-10-27)59-28-5-2-1-3-6-28)47-50-31(15-18-45-40(37)50)26-16-19-48(20-17-26)35(52)25-58-22-21-57-23-24-60-33-8-4-7-30-36(33)43(56)49(42(30)55)32-13-14-34(51)46-41(32)54/h1-12,26,31-32,45H,13-25H2,(H2,44,53)(H,46,51,54). The van der Waals surface area contributed by atoms with Crippen molar-refractivity contribution in [2.45, 2.75) is 49.1 Å². The van der Waals surface area contributed by atoms with Crippen LogP contribution in [-0.4, -0.2) is 113 Å². The molecule has 2 unspecified atom stereocenters. The Morgan fingerprint density at radius 3 is 2.33 bits per heavy atom. The molecule has 17 heteroatoms. The van der Waals surface area contributed by atoms with E-state index in [0.29, 0.717) is 59.7 Å². The van der Waals surface area contributed by atoms with Crippen LogP contribution in [0.4, 0.5) is 5.82 Å². The third-order valence-corrected chi connectivity index (χ3v) is 12.3. The van der Waals surface area contributed by atoms with Gasteiger partial charge in [-0.2, -0.15) is 5.10 Å². The summed E-state index contributed by atoms with van der Waals surface area (Å²) >= 11 is 1.36. The second kappa shape index (κ2) is 18.1. The molecule has 60 heavy (non-hydrogen) atoms. The highest BCUT2D eigenvalue weighted by molar-refractivity contribution is 7.99. The molecule has 4 N–H and O–H groups in total. The number of nitrogens with two attached hydrogens (primary N) is 1. The third-order valence-electron chi connectivity index (χ3n) is 11.3. The fourth-order valence-corrected chi connectivity index (χ4v) is 9.24. The van der Waals surface area contributed by atoms with E-state index >= 15 is 0 Å². The average Bonchev–Trinajstić information content (AvgIpc) is 3.77. The zero-order valence-electron chi connectivity index (χ0n) is 32.8. The number of nitrogens with zero attached hydrogens (tertiary/aromatic N) is 4. The minimum absolute atomic E-state index is 0.0379. The summed E-state index contributed by atoms with van der Waals surface area (Å²) in [6, 6.07) is 21.0. The van der Waals surface area contributed by atoms with Crippen molar-refractivity contribution in [3.63, 3.8) is 0 Å². The van der Waals surface area contributed by atoms with Crippen LogP contribution in [0.5, 0.6) is 11.5 Å². The molecule has 6 amide bonds. The van der Waals surface area contributed by atoms with Gasteiger partial charge in [0.2, 0.25) is 17.7 Å². The van der Waals surface area contributed by atoms with Gasteiger partial charge in [0.15, 0.2) is 0 Å². The Hall–Kier alpha value is -6.04. The number of carbonyl (C=O) groups is 6. The van der Waals surface area contributed by atoms with E-state index in [4.69, 9.17) is 25.0 Å². The van der Waals surface area contributed by atoms with Crippen LogP contribution in [0, 0.1) is 5.92 Å². The number of carbonyl (C=O) groups excluding carboxylic acids is 6. The minimum Gasteiger partial charge on any atom is -0.457 e. The minimum atomic E-state index is -1.02. The van der Waals surface area contributed by atoms with Crippen molar-refractivity contribution in [3.8, 4) is 22.8 Å². The maximum absolute atomic E-state index is 13.3. The Kier molecular flexibility index (Phi) is 12.3. The first-order valence-electron chi connectivity index (χ1n) is 20.1. The summed E-state index contributed by atoms with van der Waals surface area (Å²) in [4.78, 5) is 79.6. The summed E-state index contributed by atoms with van der Waals surface area (Å²) < 4.78 is 19.2. The third kappa shape index (κ3) is 8.50. The van der Waals surface area contributed by atoms with Crippen LogP contribution < -0.4 is 21.1 Å². The maximum atomic E-state index is 13.3. The molecule has 16 nitrogen and oxygen atoms in total. The number of hydrogen-bond donors (Lipinski definition) is 3. The number of imide groups is 2. The largest absolute Gasteiger partial charge is 0.457 e. The highest BCUT2D eigenvalue weighted by Gasteiger charge is 2.45. The smallest absolute Gasteiger partial charge is 0.263 e. The topological polar surface area (TPSA) is 204 Å². The summed E-state index contributed by atoms with van der Waals surface area (Å²) in [6.45, 7) is 2.62. The zero-order valence-corrected chi connectivity index (χ0v) is 33.6. The molecule has 0 spiro atoms. The molecule has 3 aromatic carbocycles. The Morgan fingerprint density at radius 1 is 0.833 bits per heavy atom. The summed E-state index contributed by atoms with van der Waals surface area (Å²) in [5, 5.41) is 10.5. The fourth-order valence-electron chi connectivity index (χ4n) is 8.30. The average molecular weight is 836 g/mol. The molecule has 8 rings (SSSR count). The van der Waals surface area contributed by atoms with Gasteiger partial charge in [0.1, 0.15) is 41.2 Å². The van der Waals surface area contributed by atoms with Gasteiger partial charge in [-0.3, -0.25) is 39.0 Å². The van der Waals surface area contributed by atoms with Gasteiger partial charge >= 0.3 is 0 Å². The molecule has 4 aliphatic heterocycles. The van der Waals surface area contributed by atoms with E-state index in [-0.39, 0.29) is 61.7 Å². The van der Waals surface area contributed by atoms with Gasteiger partial charge in [-0.25, -0.2) is 4.68 Å². The lowest BCUT2D eigenvalue weighted by atomic mass is 9.87. The molecule has 1 aromatic heterocycles. The highest BCUT2D eigenvalue weighted by Crippen LogP contribution is 2.40. The zero-order chi connectivity index (χ0) is 41.8. The van der Waals surface area contributed by atoms with E-state index in [9.17, 15) is 28.8 Å². The molecule has 4 aliphatic rings. The highest BCUT2D eigenvalue weighted by atomic mass is 32.2. The quantitative estimate of drug-likeness (QED) is 0.0874. The normalized spacial score (nSPS) is 19.1. The van der Waals surface area contributed by atoms with Gasteiger partial charge in [0.05, 0.1) is 37.0 Å². The van der Waals surface area contributed by atoms with Gasteiger partial charge in [0, 0.05) is 42.3 Å². The van der Waals surface area contributed by atoms with Crippen molar-refractivity contribution in [2.75, 3.05) is 57.1 Å². The van der Waals surface area contributed by atoms with E-state index in [0.717, 1.165) is 35.5 Å². The molecule has 312 valence electrons. The molecule has 2 fully saturated rings. The van der Waals surface area contributed by atoms with Crippen molar-refractivity contribution < 1.29 is 43.0 Å². The molecule has 0 saturated carbocycles. The monoisotopic (exact) mass is 835 g/mol. The second-order valence-corrected chi connectivity index (χ2v) is 16.1. The van der Waals surface area contributed by atoms with Crippen LogP contribution in [0.2, 0.25) is 0 Å². The number of aromatic nitrogens is 2. The summed E-state index contributed by atoms with van der Waals surface area (Å²) in [5.74, 6) is -0.0571. The Bertz CT molecular complexity index is 2290. The second-order valence-electron chi connectivity index (χ2n) is 15.0. The van der Waals surface area contributed by atoms with Gasteiger partial charge in [-0.1, -0.05) is 24.3 Å². The van der Waals surface area contributed by atoms with Crippen molar-refractivity contribution in [3.05, 3.63) is 89.5 Å². The number of primary amides is 1. The van der Waals surface area contributed by atoms with E-state index in [1.165, 1.54) is 11.8 Å². The van der Waals surface area contributed by atoms with Gasteiger partial charge in [-0.05, 0) is 80.1 Å². The molecule has 4 aromatic rings. The molecule has 0 aliphatic carbocycles. The molecular formula is C43H45N7O9S. The summed E-state index contributed by atoms with van der Waals surface area (Å²) in [6.07, 6.45) is 2.54.